The summed E-state index contributed by atoms with van der Waals surface area (Å²) in [5, 5.41) is 9.03. The number of rotatable bonds is 3. The third-order valence-corrected chi connectivity index (χ3v) is 2.65. The second-order valence-corrected chi connectivity index (χ2v) is 3.84. The number of carboxylic acids is 1. The van der Waals surface area contributed by atoms with Crippen LogP contribution < -0.4 is 5.56 Å². The predicted octanol–water partition coefficient (Wildman–Crippen LogP) is 1.52. The van der Waals surface area contributed by atoms with Crippen molar-refractivity contribution in [3.63, 3.8) is 0 Å². The summed E-state index contributed by atoms with van der Waals surface area (Å²) in [7, 11) is 0. The monoisotopic (exact) mass is 252 g/mol. The molecule has 1 aromatic heterocycles. The van der Waals surface area contributed by atoms with Crippen molar-refractivity contribution in [1.82, 2.24) is 9.55 Å². The van der Waals surface area contributed by atoms with E-state index in [2.05, 4.69) is 4.98 Å². The number of halogens is 1. The van der Waals surface area contributed by atoms with Crippen LogP contribution in [0.25, 0.3) is 10.9 Å². The molecule has 17 heavy (non-hydrogen) atoms. The Morgan fingerprint density at radius 1 is 1.41 bits per heavy atom. The molecule has 0 aliphatic heterocycles. The van der Waals surface area contributed by atoms with E-state index in [0.717, 1.165) is 4.57 Å². The number of carboxylic acid groups (broad SMARTS) is 1. The summed E-state index contributed by atoms with van der Waals surface area (Å²) in [4.78, 5) is 26.5. The number of carbonyl (C=O) groups is 1. The van der Waals surface area contributed by atoms with Gasteiger partial charge in [0.2, 0.25) is 5.28 Å². The van der Waals surface area contributed by atoms with Gasteiger partial charge in [-0.15, -0.1) is 0 Å². The lowest BCUT2D eigenvalue weighted by Crippen LogP contribution is -2.23. The fraction of sp³-hybridized carbons (Fsp3) is 0.182. The maximum absolute atomic E-state index is 12.0. The molecule has 1 aromatic carbocycles. The molecule has 0 unspecified atom stereocenters. The van der Waals surface area contributed by atoms with Crippen molar-refractivity contribution in [3.05, 3.63) is 39.9 Å². The van der Waals surface area contributed by atoms with Crippen LogP contribution >= 0.6 is 11.6 Å². The molecule has 0 aliphatic rings. The van der Waals surface area contributed by atoms with E-state index in [1.807, 2.05) is 0 Å². The third kappa shape index (κ3) is 2.29. The van der Waals surface area contributed by atoms with E-state index in [1.165, 1.54) is 0 Å². The highest BCUT2D eigenvalue weighted by molar-refractivity contribution is 6.28. The van der Waals surface area contributed by atoms with E-state index in [0.29, 0.717) is 10.9 Å². The summed E-state index contributed by atoms with van der Waals surface area (Å²) in [6, 6.07) is 6.80. The van der Waals surface area contributed by atoms with Crippen molar-refractivity contribution >= 4 is 28.5 Å². The Morgan fingerprint density at radius 2 is 2.12 bits per heavy atom. The van der Waals surface area contributed by atoms with Crippen LogP contribution in [0.2, 0.25) is 5.28 Å². The lowest BCUT2D eigenvalue weighted by atomic mass is 10.2. The number of fused-ring (bicyclic) bond motifs is 1. The van der Waals surface area contributed by atoms with E-state index in [9.17, 15) is 9.59 Å². The number of nitrogens with zero attached hydrogens (tertiary/aromatic N) is 2. The second kappa shape index (κ2) is 4.55. The maximum Gasteiger partial charge on any atom is 0.305 e. The highest BCUT2D eigenvalue weighted by atomic mass is 35.5. The molecule has 0 atom stereocenters. The van der Waals surface area contributed by atoms with Crippen LogP contribution in [0.15, 0.2) is 29.1 Å². The summed E-state index contributed by atoms with van der Waals surface area (Å²) in [5.74, 6) is -0.985. The van der Waals surface area contributed by atoms with Crippen LogP contribution in [0, 0.1) is 0 Å². The summed E-state index contributed by atoms with van der Waals surface area (Å²) in [5.41, 5.74) is 0.191. The number of aliphatic carboxylic acids is 1. The summed E-state index contributed by atoms with van der Waals surface area (Å²) in [6.45, 7) is 0.0187. The van der Waals surface area contributed by atoms with Crippen molar-refractivity contribution < 1.29 is 9.90 Å². The molecule has 88 valence electrons. The molecule has 0 saturated carbocycles. The average molecular weight is 253 g/mol. The number of benzene rings is 1. The highest BCUT2D eigenvalue weighted by Crippen LogP contribution is 2.11. The number of aromatic nitrogens is 2. The fourth-order valence-corrected chi connectivity index (χ4v) is 1.79. The molecule has 0 fully saturated rings. The molecular formula is C11H9ClN2O3. The Hall–Kier alpha value is -1.88. The first-order valence-corrected chi connectivity index (χ1v) is 5.34. The number of hydrogen-bond donors (Lipinski definition) is 1. The minimum absolute atomic E-state index is 0.00921. The zero-order valence-electron chi connectivity index (χ0n) is 8.76. The SMILES string of the molecule is O=C(O)CCn1c(Cl)nc2ccccc2c1=O. The van der Waals surface area contributed by atoms with Crippen molar-refractivity contribution in [2.75, 3.05) is 0 Å². The molecule has 0 amide bonds. The van der Waals surface area contributed by atoms with Gasteiger partial charge in [0, 0.05) is 6.54 Å². The van der Waals surface area contributed by atoms with E-state index < -0.39 is 5.97 Å². The van der Waals surface area contributed by atoms with Gasteiger partial charge in [0.1, 0.15) is 0 Å². The normalized spacial score (nSPS) is 10.6. The standard InChI is InChI=1S/C11H9ClN2O3/c12-11-13-8-4-2-1-3-7(8)10(17)14(11)6-5-9(15)16/h1-4H,5-6H2,(H,15,16). The minimum atomic E-state index is -0.985. The molecule has 0 bridgehead atoms. The first-order chi connectivity index (χ1) is 8.09. The minimum Gasteiger partial charge on any atom is -0.481 e. The Labute approximate surface area is 101 Å². The summed E-state index contributed by atoms with van der Waals surface area (Å²) < 4.78 is 1.16. The molecule has 5 nitrogen and oxygen atoms in total. The average Bonchev–Trinajstić information content (AvgIpc) is 2.28. The van der Waals surface area contributed by atoms with Gasteiger partial charge in [-0.05, 0) is 23.7 Å². The molecule has 0 saturated heterocycles. The maximum atomic E-state index is 12.0. The van der Waals surface area contributed by atoms with Gasteiger partial charge in [-0.3, -0.25) is 14.2 Å². The van der Waals surface area contributed by atoms with E-state index in [1.54, 1.807) is 24.3 Å². The van der Waals surface area contributed by atoms with Crippen LogP contribution in [0.1, 0.15) is 6.42 Å². The highest BCUT2D eigenvalue weighted by Gasteiger charge is 2.09. The van der Waals surface area contributed by atoms with Crippen molar-refractivity contribution in [2.45, 2.75) is 13.0 Å². The summed E-state index contributed by atoms with van der Waals surface area (Å²) >= 11 is 5.85. The lowest BCUT2D eigenvalue weighted by molar-refractivity contribution is -0.137. The molecule has 0 spiro atoms. The van der Waals surface area contributed by atoms with Gasteiger partial charge in [-0.2, -0.15) is 0 Å². The number of para-hydroxylation sites is 1. The van der Waals surface area contributed by atoms with Crippen LogP contribution in [0.5, 0.6) is 0 Å². The van der Waals surface area contributed by atoms with Gasteiger partial charge in [0.05, 0.1) is 17.3 Å². The topological polar surface area (TPSA) is 72.2 Å². The fourth-order valence-electron chi connectivity index (χ4n) is 1.54. The predicted molar refractivity (Wildman–Crippen MR) is 63.3 cm³/mol. The van der Waals surface area contributed by atoms with Crippen LogP contribution in [-0.2, 0) is 11.3 Å². The molecule has 6 heteroatoms. The zero-order chi connectivity index (χ0) is 12.4. The molecular weight excluding hydrogens is 244 g/mol. The smallest absolute Gasteiger partial charge is 0.305 e. The largest absolute Gasteiger partial charge is 0.481 e. The van der Waals surface area contributed by atoms with Crippen LogP contribution in [0.3, 0.4) is 0 Å². The zero-order valence-corrected chi connectivity index (χ0v) is 9.52. The van der Waals surface area contributed by atoms with E-state index in [-0.39, 0.29) is 23.8 Å². The Kier molecular flexibility index (Phi) is 3.10. The lowest BCUT2D eigenvalue weighted by Gasteiger charge is -2.07. The first-order valence-electron chi connectivity index (χ1n) is 4.96. The van der Waals surface area contributed by atoms with Crippen molar-refractivity contribution in [2.24, 2.45) is 0 Å². The van der Waals surface area contributed by atoms with E-state index in [4.69, 9.17) is 16.7 Å². The summed E-state index contributed by atoms with van der Waals surface area (Å²) in [6.07, 6.45) is -0.167. The van der Waals surface area contributed by atoms with Crippen molar-refractivity contribution in [1.29, 1.82) is 0 Å². The van der Waals surface area contributed by atoms with Gasteiger partial charge in [-0.1, -0.05) is 12.1 Å². The van der Waals surface area contributed by atoms with Gasteiger partial charge in [0.15, 0.2) is 0 Å². The number of hydrogen-bond acceptors (Lipinski definition) is 3. The molecule has 0 aliphatic carbocycles. The molecule has 0 radical (unpaired) electrons. The quantitative estimate of drug-likeness (QED) is 0.841. The Morgan fingerprint density at radius 3 is 2.82 bits per heavy atom. The van der Waals surface area contributed by atoms with Crippen LogP contribution in [-0.4, -0.2) is 20.6 Å². The van der Waals surface area contributed by atoms with Crippen molar-refractivity contribution in [3.8, 4) is 0 Å². The molecule has 1 N–H and O–H groups in total. The van der Waals surface area contributed by atoms with Gasteiger partial charge in [0.25, 0.3) is 5.56 Å². The molecule has 2 aromatic rings. The first kappa shape index (κ1) is 11.6. The Balaban J connectivity index is 2.56. The third-order valence-electron chi connectivity index (χ3n) is 2.36. The molecule has 1 heterocycles. The second-order valence-electron chi connectivity index (χ2n) is 3.50. The molecule has 2 rings (SSSR count). The Bertz CT molecular complexity index is 636. The van der Waals surface area contributed by atoms with Gasteiger partial charge < -0.3 is 5.11 Å². The van der Waals surface area contributed by atoms with Crippen LogP contribution in [0.4, 0.5) is 0 Å². The van der Waals surface area contributed by atoms with Gasteiger partial charge >= 0.3 is 5.97 Å². The van der Waals surface area contributed by atoms with E-state index >= 15 is 0 Å². The van der Waals surface area contributed by atoms with Gasteiger partial charge in [-0.25, -0.2) is 4.98 Å².